The van der Waals surface area contributed by atoms with Crippen molar-refractivity contribution in [1.29, 1.82) is 0 Å². The quantitative estimate of drug-likeness (QED) is 0.604. The summed E-state index contributed by atoms with van der Waals surface area (Å²) in [5, 5.41) is 11.4. The van der Waals surface area contributed by atoms with Gasteiger partial charge in [-0.2, -0.15) is 5.10 Å². The zero-order valence-electron chi connectivity index (χ0n) is 13.5. The summed E-state index contributed by atoms with van der Waals surface area (Å²) in [5.74, 6) is -0.341. The Hall–Kier alpha value is -2.12. The van der Waals surface area contributed by atoms with Crippen LogP contribution in [0, 0.1) is 0 Å². The maximum Gasteiger partial charge on any atom is 0.338 e. The minimum atomic E-state index is -0.341. The third-order valence-corrected chi connectivity index (χ3v) is 3.83. The summed E-state index contributed by atoms with van der Waals surface area (Å²) in [7, 11) is 0. The lowest BCUT2D eigenvalue weighted by atomic mass is 10.2. The highest BCUT2D eigenvalue weighted by Gasteiger charge is 2.09. The first-order valence-corrected chi connectivity index (χ1v) is 8.36. The van der Waals surface area contributed by atoms with Crippen molar-refractivity contribution in [3.05, 3.63) is 46.7 Å². The molecule has 1 heterocycles. The molecule has 128 valence electrons. The van der Waals surface area contributed by atoms with Crippen LogP contribution in [-0.4, -0.2) is 27.5 Å². The molecule has 0 fully saturated rings. The van der Waals surface area contributed by atoms with Gasteiger partial charge in [-0.25, -0.2) is 4.79 Å². The van der Waals surface area contributed by atoms with Crippen molar-refractivity contribution in [3.8, 4) is 0 Å². The number of carbonyl (C=O) groups is 1. The summed E-state index contributed by atoms with van der Waals surface area (Å²) in [6, 6.07) is 6.91. The second-order valence-electron chi connectivity index (χ2n) is 4.86. The van der Waals surface area contributed by atoms with Crippen LogP contribution in [0.5, 0.6) is 0 Å². The Bertz CT molecular complexity index is 715. The van der Waals surface area contributed by atoms with Gasteiger partial charge in [0, 0.05) is 12.2 Å². The first-order valence-electron chi connectivity index (χ1n) is 7.57. The van der Waals surface area contributed by atoms with Crippen molar-refractivity contribution < 1.29 is 9.53 Å². The van der Waals surface area contributed by atoms with Gasteiger partial charge in [0.2, 0.25) is 0 Å². The Labute approximate surface area is 151 Å². The summed E-state index contributed by atoms with van der Waals surface area (Å²) in [6.45, 7) is 5.32. The highest BCUT2D eigenvalue weighted by Crippen LogP contribution is 2.15. The average molecular weight is 367 g/mol. The van der Waals surface area contributed by atoms with Crippen molar-refractivity contribution in [2.45, 2.75) is 26.9 Å². The van der Waals surface area contributed by atoms with E-state index >= 15 is 0 Å². The zero-order valence-corrected chi connectivity index (χ0v) is 15.1. The van der Waals surface area contributed by atoms with Crippen molar-refractivity contribution >= 4 is 40.6 Å². The number of hydrogen-bond donors (Lipinski definition) is 2. The first-order chi connectivity index (χ1) is 11.5. The minimum absolute atomic E-state index is 0.341. The van der Waals surface area contributed by atoms with Gasteiger partial charge in [-0.15, -0.1) is 0 Å². The van der Waals surface area contributed by atoms with Crippen LogP contribution in [0.1, 0.15) is 29.9 Å². The number of aromatic nitrogens is 2. The highest BCUT2D eigenvalue weighted by molar-refractivity contribution is 7.80. The third-order valence-electron chi connectivity index (χ3n) is 3.27. The molecule has 0 aliphatic heterocycles. The van der Waals surface area contributed by atoms with E-state index < -0.39 is 0 Å². The molecule has 0 saturated carbocycles. The van der Waals surface area contributed by atoms with Gasteiger partial charge in [0.25, 0.3) is 0 Å². The number of nitrogens with zero attached hydrogens (tertiary/aromatic N) is 2. The Balaban J connectivity index is 1.90. The zero-order chi connectivity index (χ0) is 17.5. The van der Waals surface area contributed by atoms with Crippen molar-refractivity contribution in [3.63, 3.8) is 0 Å². The third kappa shape index (κ3) is 4.69. The maximum atomic E-state index is 11.6. The molecule has 0 aliphatic rings. The number of halogens is 1. The second kappa shape index (κ2) is 8.65. The largest absolute Gasteiger partial charge is 0.462 e. The predicted molar refractivity (Wildman–Crippen MR) is 98.4 cm³/mol. The molecule has 24 heavy (non-hydrogen) atoms. The fourth-order valence-electron chi connectivity index (χ4n) is 2.08. The van der Waals surface area contributed by atoms with Gasteiger partial charge >= 0.3 is 5.97 Å². The molecule has 0 unspecified atom stereocenters. The second-order valence-corrected chi connectivity index (χ2v) is 5.68. The number of benzene rings is 1. The van der Waals surface area contributed by atoms with Gasteiger partial charge in [-0.05, 0) is 50.3 Å². The molecule has 6 nitrogen and oxygen atoms in total. The minimum Gasteiger partial charge on any atom is -0.462 e. The lowest BCUT2D eigenvalue weighted by Crippen LogP contribution is -2.29. The number of hydrogen-bond acceptors (Lipinski definition) is 4. The van der Waals surface area contributed by atoms with Crippen molar-refractivity contribution in [2.75, 3.05) is 11.9 Å². The molecule has 8 heteroatoms. The van der Waals surface area contributed by atoms with Crippen LogP contribution in [0.25, 0.3) is 0 Å². The van der Waals surface area contributed by atoms with E-state index in [4.69, 9.17) is 28.6 Å². The number of anilines is 1. The van der Waals surface area contributed by atoms with Gasteiger partial charge in [0.1, 0.15) is 0 Å². The Morgan fingerprint density at radius 3 is 2.67 bits per heavy atom. The summed E-state index contributed by atoms with van der Waals surface area (Å²) in [6.07, 6.45) is 1.62. The summed E-state index contributed by atoms with van der Waals surface area (Å²) in [4.78, 5) is 11.6. The smallest absolute Gasteiger partial charge is 0.338 e. The molecule has 2 aromatic rings. The normalized spacial score (nSPS) is 10.3. The van der Waals surface area contributed by atoms with E-state index in [1.165, 1.54) is 0 Å². The molecule has 0 saturated heterocycles. The van der Waals surface area contributed by atoms with Crippen LogP contribution in [0.3, 0.4) is 0 Å². The lowest BCUT2D eigenvalue weighted by Gasteiger charge is -2.12. The molecule has 2 rings (SSSR count). The Morgan fingerprint density at radius 1 is 1.33 bits per heavy atom. The van der Waals surface area contributed by atoms with E-state index in [9.17, 15) is 4.79 Å². The number of aryl methyl sites for hydroxylation is 1. The number of thiocarbonyl (C=S) groups is 1. The van der Waals surface area contributed by atoms with Gasteiger partial charge in [-0.1, -0.05) is 11.6 Å². The van der Waals surface area contributed by atoms with Crippen LogP contribution in [-0.2, 0) is 17.8 Å². The van der Waals surface area contributed by atoms with Gasteiger partial charge in [0.05, 0.1) is 35.6 Å². The van der Waals surface area contributed by atoms with E-state index in [2.05, 4.69) is 15.7 Å². The van der Waals surface area contributed by atoms with Gasteiger partial charge in [0.15, 0.2) is 5.11 Å². The van der Waals surface area contributed by atoms with Crippen LogP contribution in [0.2, 0.25) is 5.02 Å². The van der Waals surface area contributed by atoms with E-state index in [1.54, 1.807) is 37.4 Å². The van der Waals surface area contributed by atoms with Gasteiger partial charge < -0.3 is 15.4 Å². The molecule has 0 atom stereocenters. The summed E-state index contributed by atoms with van der Waals surface area (Å²) < 4.78 is 6.76. The highest BCUT2D eigenvalue weighted by atomic mass is 35.5. The summed E-state index contributed by atoms with van der Waals surface area (Å²) >= 11 is 11.4. The first kappa shape index (κ1) is 18.2. The SMILES string of the molecule is CCOC(=O)c1ccc(NC(=S)NCc2c(Cl)cnn2CC)cc1. The van der Waals surface area contributed by atoms with Gasteiger partial charge in [-0.3, -0.25) is 4.68 Å². The van der Waals surface area contributed by atoms with E-state index in [1.807, 2.05) is 11.6 Å². The molecule has 0 radical (unpaired) electrons. The number of nitrogens with one attached hydrogen (secondary N) is 2. The number of esters is 1. The number of rotatable bonds is 6. The Morgan fingerprint density at radius 2 is 2.04 bits per heavy atom. The molecule has 0 bridgehead atoms. The number of ether oxygens (including phenoxy) is 1. The van der Waals surface area contributed by atoms with E-state index in [0.717, 1.165) is 17.9 Å². The fourth-order valence-corrected chi connectivity index (χ4v) is 2.48. The average Bonchev–Trinajstić information content (AvgIpc) is 2.94. The molecule has 0 spiro atoms. The topological polar surface area (TPSA) is 68.2 Å². The molecule has 1 aromatic carbocycles. The fraction of sp³-hybridized carbons (Fsp3) is 0.312. The summed E-state index contributed by atoms with van der Waals surface area (Å²) in [5.41, 5.74) is 2.15. The maximum absolute atomic E-state index is 11.6. The van der Waals surface area contributed by atoms with Crippen LogP contribution in [0.15, 0.2) is 30.5 Å². The molecule has 0 amide bonds. The molecular formula is C16H19ClN4O2S. The van der Waals surface area contributed by atoms with Crippen molar-refractivity contribution in [1.82, 2.24) is 15.1 Å². The lowest BCUT2D eigenvalue weighted by molar-refractivity contribution is 0.0526. The van der Waals surface area contributed by atoms with Crippen molar-refractivity contribution in [2.24, 2.45) is 0 Å². The molecule has 0 aliphatic carbocycles. The molecule has 1 aromatic heterocycles. The molecule has 2 N–H and O–H groups in total. The van der Waals surface area contributed by atoms with E-state index in [-0.39, 0.29) is 5.97 Å². The van der Waals surface area contributed by atoms with Crippen LogP contribution in [0.4, 0.5) is 5.69 Å². The molecular weight excluding hydrogens is 348 g/mol. The monoisotopic (exact) mass is 366 g/mol. The number of carbonyl (C=O) groups excluding carboxylic acids is 1. The van der Waals surface area contributed by atoms with Crippen LogP contribution >= 0.6 is 23.8 Å². The van der Waals surface area contributed by atoms with E-state index in [0.29, 0.717) is 28.9 Å². The van der Waals surface area contributed by atoms with Crippen LogP contribution < -0.4 is 10.6 Å². The Kier molecular flexibility index (Phi) is 6.57. The predicted octanol–water partition coefficient (Wildman–Crippen LogP) is 3.22. The standard InChI is InChI=1S/C16H19ClN4O2S/c1-3-21-14(13(17)9-19-21)10-18-16(24)20-12-7-5-11(6-8-12)15(22)23-4-2/h5-9H,3-4,10H2,1-2H3,(H2,18,20,24).